The Kier molecular flexibility index (Phi) is 3.90. The van der Waals surface area contributed by atoms with Crippen LogP contribution in [-0.2, 0) is 6.54 Å². The van der Waals surface area contributed by atoms with Crippen LogP contribution in [0.5, 0.6) is 0 Å². The number of nitrogens with zero attached hydrogens (tertiary/aromatic N) is 1. The Balaban J connectivity index is 1.81. The van der Waals surface area contributed by atoms with Gasteiger partial charge in [0.25, 0.3) is 0 Å². The molecule has 0 spiro atoms. The number of aromatic nitrogens is 2. The zero-order valence-electron chi connectivity index (χ0n) is 9.85. The van der Waals surface area contributed by atoms with Gasteiger partial charge in [-0.15, -0.1) is 0 Å². The largest absolute Gasteiger partial charge is 0.387 e. The first kappa shape index (κ1) is 11.8. The van der Waals surface area contributed by atoms with Crippen LogP contribution in [0.2, 0.25) is 0 Å². The van der Waals surface area contributed by atoms with Crippen LogP contribution in [0.1, 0.15) is 23.1 Å². The van der Waals surface area contributed by atoms with Gasteiger partial charge in [-0.3, -0.25) is 0 Å². The fourth-order valence-electron chi connectivity index (χ4n) is 1.69. The highest BCUT2D eigenvalue weighted by Gasteiger charge is 2.07. The van der Waals surface area contributed by atoms with E-state index < -0.39 is 6.10 Å². The fraction of sp³-hybridized carbons (Fsp3) is 0.308. The van der Waals surface area contributed by atoms with E-state index in [0.29, 0.717) is 13.1 Å². The second kappa shape index (κ2) is 5.61. The molecular formula is C13H17N3O. The first-order valence-corrected chi connectivity index (χ1v) is 5.70. The fourth-order valence-corrected chi connectivity index (χ4v) is 1.69. The number of hydrogen-bond donors (Lipinski definition) is 3. The van der Waals surface area contributed by atoms with E-state index in [1.165, 1.54) is 0 Å². The Morgan fingerprint density at radius 3 is 2.76 bits per heavy atom. The molecule has 1 aromatic heterocycles. The zero-order chi connectivity index (χ0) is 12.1. The first-order valence-electron chi connectivity index (χ1n) is 5.70. The van der Waals surface area contributed by atoms with Crippen molar-refractivity contribution in [3.8, 4) is 0 Å². The summed E-state index contributed by atoms with van der Waals surface area (Å²) in [7, 11) is 0. The number of imidazole rings is 1. The van der Waals surface area contributed by atoms with E-state index in [4.69, 9.17) is 0 Å². The third-order valence-electron chi connectivity index (χ3n) is 2.75. The quantitative estimate of drug-likeness (QED) is 0.731. The maximum absolute atomic E-state index is 9.93. The Morgan fingerprint density at radius 1 is 1.35 bits per heavy atom. The van der Waals surface area contributed by atoms with Crippen molar-refractivity contribution in [1.29, 1.82) is 0 Å². The number of nitrogens with one attached hydrogen (secondary N) is 2. The molecule has 1 atom stereocenters. The molecular weight excluding hydrogens is 214 g/mol. The maximum Gasteiger partial charge on any atom is 0.0925 e. The van der Waals surface area contributed by atoms with E-state index in [2.05, 4.69) is 15.3 Å². The third kappa shape index (κ3) is 3.15. The van der Waals surface area contributed by atoms with E-state index in [1.807, 2.05) is 37.3 Å². The smallest absolute Gasteiger partial charge is 0.0925 e. The molecule has 0 aliphatic rings. The summed E-state index contributed by atoms with van der Waals surface area (Å²) >= 11 is 0. The summed E-state index contributed by atoms with van der Waals surface area (Å²) in [5, 5.41) is 13.1. The van der Waals surface area contributed by atoms with Crippen LogP contribution in [0.25, 0.3) is 0 Å². The van der Waals surface area contributed by atoms with Crippen LogP contribution < -0.4 is 5.32 Å². The van der Waals surface area contributed by atoms with Crippen LogP contribution in [0.15, 0.2) is 36.7 Å². The van der Waals surface area contributed by atoms with Crippen molar-refractivity contribution < 1.29 is 5.11 Å². The lowest BCUT2D eigenvalue weighted by Gasteiger charge is -2.11. The van der Waals surface area contributed by atoms with E-state index >= 15 is 0 Å². The maximum atomic E-state index is 9.93. The van der Waals surface area contributed by atoms with Crippen molar-refractivity contribution in [2.75, 3.05) is 6.54 Å². The van der Waals surface area contributed by atoms with E-state index in [0.717, 1.165) is 17.0 Å². The molecule has 17 heavy (non-hydrogen) atoms. The van der Waals surface area contributed by atoms with Gasteiger partial charge in [0, 0.05) is 18.8 Å². The van der Waals surface area contributed by atoms with Gasteiger partial charge in [0.1, 0.15) is 0 Å². The molecule has 4 heteroatoms. The first-order chi connectivity index (χ1) is 8.27. The highest BCUT2D eigenvalue weighted by Crippen LogP contribution is 2.10. The van der Waals surface area contributed by atoms with Crippen LogP contribution >= 0.6 is 0 Å². The molecule has 1 heterocycles. The average molecular weight is 231 g/mol. The Hall–Kier alpha value is -1.65. The zero-order valence-corrected chi connectivity index (χ0v) is 9.85. The number of aromatic amines is 1. The number of aryl methyl sites for hydroxylation is 1. The Bertz CT molecular complexity index is 453. The summed E-state index contributed by atoms with van der Waals surface area (Å²) in [6.45, 7) is 3.17. The minimum absolute atomic E-state index is 0.476. The van der Waals surface area contributed by atoms with Crippen LogP contribution in [-0.4, -0.2) is 21.6 Å². The van der Waals surface area contributed by atoms with Crippen LogP contribution in [0.4, 0.5) is 0 Å². The van der Waals surface area contributed by atoms with Gasteiger partial charge in [-0.05, 0) is 12.5 Å². The van der Waals surface area contributed by atoms with Gasteiger partial charge in [0.2, 0.25) is 0 Å². The van der Waals surface area contributed by atoms with Crippen molar-refractivity contribution >= 4 is 0 Å². The van der Waals surface area contributed by atoms with E-state index in [-0.39, 0.29) is 0 Å². The Morgan fingerprint density at radius 2 is 2.12 bits per heavy atom. The predicted molar refractivity (Wildman–Crippen MR) is 66.4 cm³/mol. The average Bonchev–Trinajstić information content (AvgIpc) is 2.76. The summed E-state index contributed by atoms with van der Waals surface area (Å²) in [6.07, 6.45) is 1.20. The van der Waals surface area contributed by atoms with Gasteiger partial charge in [-0.1, -0.05) is 30.3 Å². The molecule has 0 aliphatic carbocycles. The minimum atomic E-state index is -0.476. The molecule has 0 aliphatic heterocycles. The monoisotopic (exact) mass is 231 g/mol. The lowest BCUT2D eigenvalue weighted by Crippen LogP contribution is -2.21. The lowest BCUT2D eigenvalue weighted by atomic mass is 10.1. The highest BCUT2D eigenvalue weighted by molar-refractivity contribution is 5.17. The van der Waals surface area contributed by atoms with Crippen molar-refractivity contribution in [3.05, 3.63) is 53.6 Å². The predicted octanol–water partition coefficient (Wildman–Crippen LogP) is 1.54. The second-order valence-electron chi connectivity index (χ2n) is 4.03. The van der Waals surface area contributed by atoms with Gasteiger partial charge >= 0.3 is 0 Å². The summed E-state index contributed by atoms with van der Waals surface area (Å²) < 4.78 is 0. The molecule has 0 radical (unpaired) electrons. The summed E-state index contributed by atoms with van der Waals surface area (Å²) in [4.78, 5) is 7.21. The van der Waals surface area contributed by atoms with Crippen molar-refractivity contribution in [2.24, 2.45) is 0 Å². The minimum Gasteiger partial charge on any atom is -0.387 e. The van der Waals surface area contributed by atoms with Crippen LogP contribution in [0.3, 0.4) is 0 Å². The molecule has 0 saturated carbocycles. The van der Waals surface area contributed by atoms with Crippen molar-refractivity contribution in [3.63, 3.8) is 0 Å². The molecule has 0 fully saturated rings. The standard InChI is InChI=1S/C13H17N3O/c1-10-12(16-9-15-10)7-14-8-13(17)11-5-3-2-4-6-11/h2-6,9,13-14,17H,7-8H2,1H3,(H,15,16). The Labute approximate surface area is 101 Å². The van der Waals surface area contributed by atoms with Gasteiger partial charge < -0.3 is 15.4 Å². The number of aliphatic hydroxyl groups excluding tert-OH is 1. The van der Waals surface area contributed by atoms with E-state index in [9.17, 15) is 5.11 Å². The molecule has 2 aromatic rings. The number of aliphatic hydroxyl groups is 1. The normalized spacial score (nSPS) is 12.6. The van der Waals surface area contributed by atoms with Crippen molar-refractivity contribution in [2.45, 2.75) is 19.6 Å². The summed E-state index contributed by atoms with van der Waals surface area (Å²) in [6, 6.07) is 9.64. The molecule has 0 saturated heterocycles. The molecule has 4 nitrogen and oxygen atoms in total. The number of hydrogen-bond acceptors (Lipinski definition) is 3. The van der Waals surface area contributed by atoms with Gasteiger partial charge in [-0.2, -0.15) is 0 Å². The van der Waals surface area contributed by atoms with Gasteiger partial charge in [-0.25, -0.2) is 4.98 Å². The third-order valence-corrected chi connectivity index (χ3v) is 2.75. The second-order valence-corrected chi connectivity index (χ2v) is 4.03. The molecule has 2 rings (SSSR count). The topological polar surface area (TPSA) is 60.9 Å². The van der Waals surface area contributed by atoms with E-state index in [1.54, 1.807) is 6.33 Å². The molecule has 0 bridgehead atoms. The van der Waals surface area contributed by atoms with Crippen molar-refractivity contribution in [1.82, 2.24) is 15.3 Å². The lowest BCUT2D eigenvalue weighted by molar-refractivity contribution is 0.174. The molecule has 0 amide bonds. The molecule has 3 N–H and O–H groups in total. The highest BCUT2D eigenvalue weighted by atomic mass is 16.3. The molecule has 1 aromatic carbocycles. The molecule has 1 unspecified atom stereocenters. The summed E-state index contributed by atoms with van der Waals surface area (Å²) in [5.74, 6) is 0. The number of H-pyrrole nitrogens is 1. The molecule has 90 valence electrons. The number of rotatable bonds is 5. The summed E-state index contributed by atoms with van der Waals surface area (Å²) in [5.41, 5.74) is 2.98. The van der Waals surface area contributed by atoms with Gasteiger partial charge in [0.05, 0.1) is 18.1 Å². The SMILES string of the molecule is Cc1[nH]cnc1CNCC(O)c1ccccc1. The number of benzene rings is 1. The van der Waals surface area contributed by atoms with Gasteiger partial charge in [0.15, 0.2) is 0 Å². The van der Waals surface area contributed by atoms with Crippen LogP contribution in [0, 0.1) is 6.92 Å².